The number of halogens is 1. The van der Waals surface area contributed by atoms with Gasteiger partial charge in [-0.1, -0.05) is 11.6 Å². The predicted molar refractivity (Wildman–Crippen MR) is 35.8 cm³/mol. The van der Waals surface area contributed by atoms with Crippen LogP contribution in [0.15, 0.2) is 10.7 Å². The summed E-state index contributed by atoms with van der Waals surface area (Å²) in [5.41, 5.74) is 1.31. The minimum Gasteiger partial charge on any atom is -0.365 e. The molecular formula is C6H10ClN. The van der Waals surface area contributed by atoms with Crippen LogP contribution in [0.3, 0.4) is 0 Å². The first-order valence-electron chi connectivity index (χ1n) is 2.78. The Labute approximate surface area is 54.9 Å². The molecule has 0 fully saturated rings. The molecule has 1 aliphatic rings. The van der Waals surface area contributed by atoms with Gasteiger partial charge in [0.15, 0.2) is 0 Å². The molecule has 0 aliphatic carbocycles. The first-order valence-corrected chi connectivity index (χ1v) is 3.16. The topological polar surface area (TPSA) is 3.24 Å². The van der Waals surface area contributed by atoms with E-state index in [0.717, 1.165) is 18.1 Å². The van der Waals surface area contributed by atoms with E-state index in [9.17, 15) is 0 Å². The van der Waals surface area contributed by atoms with Gasteiger partial charge in [-0.15, -0.1) is 0 Å². The first kappa shape index (κ1) is 5.96. The molecule has 46 valence electrons. The van der Waals surface area contributed by atoms with Crippen LogP contribution < -0.4 is 0 Å². The third kappa shape index (κ3) is 0.826. The highest BCUT2D eigenvalue weighted by Crippen LogP contribution is 2.22. The molecule has 0 amide bonds. The molecule has 0 N–H and O–H groups in total. The molecule has 1 heterocycles. The Hall–Kier alpha value is -0.170. The Morgan fingerprint density at radius 3 is 2.38 bits per heavy atom. The van der Waals surface area contributed by atoms with Gasteiger partial charge >= 0.3 is 0 Å². The molecule has 0 bridgehead atoms. The van der Waals surface area contributed by atoms with Crippen LogP contribution in [0.25, 0.3) is 0 Å². The average molecular weight is 132 g/mol. The lowest BCUT2D eigenvalue weighted by molar-refractivity contribution is 0.484. The normalized spacial score (nSPS) is 20.6. The quantitative estimate of drug-likeness (QED) is 0.453. The predicted octanol–water partition coefficient (Wildman–Crippen LogP) is 1.79. The molecule has 0 atom stereocenters. The van der Waals surface area contributed by atoms with Crippen molar-refractivity contribution in [3.05, 3.63) is 10.7 Å². The largest absolute Gasteiger partial charge is 0.365 e. The highest BCUT2D eigenvalue weighted by molar-refractivity contribution is 6.29. The monoisotopic (exact) mass is 131 g/mol. The van der Waals surface area contributed by atoms with Crippen LogP contribution in [0.1, 0.15) is 13.3 Å². The summed E-state index contributed by atoms with van der Waals surface area (Å²) in [6, 6.07) is 0. The highest BCUT2D eigenvalue weighted by atomic mass is 35.5. The fourth-order valence-corrected chi connectivity index (χ4v) is 1.04. The van der Waals surface area contributed by atoms with E-state index < -0.39 is 0 Å². The molecule has 0 saturated heterocycles. The van der Waals surface area contributed by atoms with Gasteiger partial charge in [0, 0.05) is 13.6 Å². The van der Waals surface area contributed by atoms with Crippen molar-refractivity contribution in [3.63, 3.8) is 0 Å². The standard InChI is InChI=1S/C6H10ClN/c1-5-3-4-8(2)6(5)7/h3-4H2,1-2H3. The third-order valence-corrected chi connectivity index (χ3v) is 2.12. The zero-order valence-corrected chi connectivity index (χ0v) is 6.00. The van der Waals surface area contributed by atoms with Crippen molar-refractivity contribution in [2.24, 2.45) is 0 Å². The maximum Gasteiger partial charge on any atom is 0.103 e. The van der Waals surface area contributed by atoms with E-state index in [2.05, 4.69) is 11.8 Å². The Morgan fingerprint density at radius 1 is 1.62 bits per heavy atom. The molecule has 8 heavy (non-hydrogen) atoms. The van der Waals surface area contributed by atoms with Gasteiger partial charge < -0.3 is 4.90 Å². The van der Waals surface area contributed by atoms with Gasteiger partial charge in [0.05, 0.1) is 0 Å². The minimum atomic E-state index is 0.935. The molecule has 0 spiro atoms. The summed E-state index contributed by atoms with van der Waals surface area (Å²) >= 11 is 5.82. The van der Waals surface area contributed by atoms with E-state index in [4.69, 9.17) is 11.6 Å². The van der Waals surface area contributed by atoms with Gasteiger partial charge in [0.2, 0.25) is 0 Å². The zero-order valence-electron chi connectivity index (χ0n) is 5.24. The lowest BCUT2D eigenvalue weighted by Crippen LogP contribution is -2.08. The van der Waals surface area contributed by atoms with E-state index in [1.54, 1.807) is 0 Å². The lowest BCUT2D eigenvalue weighted by Gasteiger charge is -2.08. The molecule has 1 aliphatic heterocycles. The molecule has 0 saturated carbocycles. The van der Waals surface area contributed by atoms with E-state index in [-0.39, 0.29) is 0 Å². The van der Waals surface area contributed by atoms with Gasteiger partial charge in [-0.05, 0) is 18.9 Å². The van der Waals surface area contributed by atoms with Gasteiger partial charge in [-0.2, -0.15) is 0 Å². The van der Waals surface area contributed by atoms with Gasteiger partial charge in [-0.25, -0.2) is 0 Å². The summed E-state index contributed by atoms with van der Waals surface area (Å²) < 4.78 is 0. The molecule has 0 aromatic rings. The fraction of sp³-hybridized carbons (Fsp3) is 0.667. The van der Waals surface area contributed by atoms with Crippen molar-refractivity contribution in [1.29, 1.82) is 0 Å². The molecular weight excluding hydrogens is 122 g/mol. The average Bonchev–Trinajstić information content (AvgIpc) is 1.98. The lowest BCUT2D eigenvalue weighted by atomic mass is 10.3. The summed E-state index contributed by atoms with van der Waals surface area (Å²) in [6.45, 7) is 3.16. The van der Waals surface area contributed by atoms with Crippen LogP contribution in [0, 0.1) is 0 Å². The van der Waals surface area contributed by atoms with Crippen molar-refractivity contribution in [3.8, 4) is 0 Å². The van der Waals surface area contributed by atoms with Gasteiger partial charge in [-0.3, -0.25) is 0 Å². The van der Waals surface area contributed by atoms with E-state index in [1.165, 1.54) is 5.57 Å². The Kier molecular flexibility index (Phi) is 1.47. The van der Waals surface area contributed by atoms with Crippen molar-refractivity contribution in [2.75, 3.05) is 13.6 Å². The van der Waals surface area contributed by atoms with Gasteiger partial charge in [0.25, 0.3) is 0 Å². The Bertz CT molecular complexity index is 128. The Balaban J connectivity index is 2.71. The maximum absolute atomic E-state index is 5.82. The third-order valence-electron chi connectivity index (χ3n) is 1.51. The van der Waals surface area contributed by atoms with Crippen LogP contribution in [0.2, 0.25) is 0 Å². The smallest absolute Gasteiger partial charge is 0.103 e. The first-order chi connectivity index (χ1) is 3.72. The number of hydrogen-bond donors (Lipinski definition) is 0. The van der Waals surface area contributed by atoms with Crippen LogP contribution in [-0.2, 0) is 0 Å². The number of hydrogen-bond acceptors (Lipinski definition) is 1. The zero-order chi connectivity index (χ0) is 6.15. The second kappa shape index (κ2) is 1.98. The minimum absolute atomic E-state index is 0.935. The van der Waals surface area contributed by atoms with Crippen LogP contribution in [-0.4, -0.2) is 18.5 Å². The summed E-state index contributed by atoms with van der Waals surface area (Å²) in [7, 11) is 2.01. The van der Waals surface area contributed by atoms with E-state index in [1.807, 2.05) is 7.05 Å². The molecule has 2 heteroatoms. The van der Waals surface area contributed by atoms with Crippen molar-refractivity contribution < 1.29 is 0 Å². The molecule has 0 aromatic heterocycles. The molecule has 0 unspecified atom stereocenters. The molecule has 0 aromatic carbocycles. The van der Waals surface area contributed by atoms with E-state index in [0.29, 0.717) is 0 Å². The molecule has 1 nitrogen and oxygen atoms in total. The van der Waals surface area contributed by atoms with Gasteiger partial charge in [0.1, 0.15) is 5.16 Å². The van der Waals surface area contributed by atoms with Crippen LogP contribution in [0.4, 0.5) is 0 Å². The van der Waals surface area contributed by atoms with E-state index >= 15 is 0 Å². The van der Waals surface area contributed by atoms with Crippen LogP contribution in [0.5, 0.6) is 0 Å². The second-order valence-electron chi connectivity index (χ2n) is 2.24. The summed E-state index contributed by atoms with van der Waals surface area (Å²) in [4.78, 5) is 2.07. The summed E-state index contributed by atoms with van der Waals surface area (Å²) in [6.07, 6.45) is 1.13. The highest BCUT2D eigenvalue weighted by Gasteiger charge is 2.12. The fourth-order valence-electron chi connectivity index (χ4n) is 0.863. The number of nitrogens with zero attached hydrogens (tertiary/aromatic N) is 1. The van der Waals surface area contributed by atoms with Crippen LogP contribution >= 0.6 is 11.6 Å². The molecule has 1 rings (SSSR count). The maximum atomic E-state index is 5.82. The Morgan fingerprint density at radius 2 is 2.25 bits per heavy atom. The molecule has 0 radical (unpaired) electrons. The SMILES string of the molecule is CC1=C(Cl)N(C)CC1. The van der Waals surface area contributed by atoms with Crippen molar-refractivity contribution >= 4 is 11.6 Å². The summed E-state index contributed by atoms with van der Waals surface area (Å²) in [5.74, 6) is 0. The number of rotatable bonds is 0. The second-order valence-corrected chi connectivity index (χ2v) is 2.60. The van der Waals surface area contributed by atoms with Crippen molar-refractivity contribution in [2.45, 2.75) is 13.3 Å². The van der Waals surface area contributed by atoms with Crippen molar-refractivity contribution in [1.82, 2.24) is 4.90 Å². The summed E-state index contributed by atoms with van der Waals surface area (Å²) in [5, 5.41) is 0.935.